The molecular formula is C20H21N3O4. The number of carboxylic acids is 1. The Hall–Kier alpha value is -3.35. The molecule has 0 bridgehead atoms. The lowest BCUT2D eigenvalue weighted by Gasteiger charge is -2.14. The largest absolute Gasteiger partial charge is 0.487 e. The molecule has 1 atom stereocenters. The first-order chi connectivity index (χ1) is 13.1. The number of rotatable bonds is 8. The van der Waals surface area contributed by atoms with E-state index in [1.165, 1.54) is 0 Å². The van der Waals surface area contributed by atoms with Crippen molar-refractivity contribution < 1.29 is 19.4 Å². The fourth-order valence-corrected chi connectivity index (χ4v) is 2.73. The molecule has 0 aliphatic heterocycles. The summed E-state index contributed by atoms with van der Waals surface area (Å²) in [5.41, 5.74) is 1.95. The molecule has 27 heavy (non-hydrogen) atoms. The minimum Gasteiger partial charge on any atom is -0.487 e. The number of imidazole rings is 1. The van der Waals surface area contributed by atoms with Gasteiger partial charge < -0.3 is 19.6 Å². The lowest BCUT2D eigenvalue weighted by atomic mass is 10.1. The van der Waals surface area contributed by atoms with Crippen LogP contribution in [0.15, 0.2) is 54.9 Å². The first-order valence-electron chi connectivity index (χ1n) is 8.76. The van der Waals surface area contributed by atoms with E-state index >= 15 is 0 Å². The lowest BCUT2D eigenvalue weighted by molar-refractivity contribution is -0.139. The second kappa shape index (κ2) is 8.35. The molecule has 7 heteroatoms. The second-order valence-electron chi connectivity index (χ2n) is 6.17. The summed E-state index contributed by atoms with van der Waals surface area (Å²) in [5.74, 6) is -0.958. The summed E-state index contributed by atoms with van der Waals surface area (Å²) >= 11 is 0. The number of aliphatic carboxylic acids is 1. The maximum atomic E-state index is 12.3. The van der Waals surface area contributed by atoms with Gasteiger partial charge in [-0.1, -0.05) is 25.5 Å². The van der Waals surface area contributed by atoms with Crippen molar-refractivity contribution in [2.75, 3.05) is 0 Å². The van der Waals surface area contributed by atoms with E-state index in [9.17, 15) is 14.7 Å². The van der Waals surface area contributed by atoms with Gasteiger partial charge in [0.2, 0.25) is 0 Å². The number of pyridine rings is 1. The standard InChI is InChI=1S/C20H21N3O4/c1-2-6-17(20(25)26)22-19(24)14-7-5-8-16(11-14)27-13-15-12-23-10-4-3-9-18(23)21-15/h3-5,7-12,17H,2,6,13H2,1H3,(H,22,24)(H,25,26). The van der Waals surface area contributed by atoms with Gasteiger partial charge in [0.25, 0.3) is 5.91 Å². The predicted octanol–water partition coefficient (Wildman–Crippen LogP) is 2.90. The van der Waals surface area contributed by atoms with Crippen molar-refractivity contribution >= 4 is 17.5 Å². The van der Waals surface area contributed by atoms with Crippen LogP contribution in [0.5, 0.6) is 5.75 Å². The van der Waals surface area contributed by atoms with Crippen LogP contribution in [0.1, 0.15) is 35.8 Å². The average molecular weight is 367 g/mol. The Morgan fingerprint density at radius 3 is 2.85 bits per heavy atom. The third-order valence-electron chi connectivity index (χ3n) is 4.08. The van der Waals surface area contributed by atoms with Crippen molar-refractivity contribution in [2.24, 2.45) is 0 Å². The number of carboxylic acid groups (broad SMARTS) is 1. The van der Waals surface area contributed by atoms with Crippen LogP contribution >= 0.6 is 0 Å². The lowest BCUT2D eigenvalue weighted by Crippen LogP contribution is -2.40. The van der Waals surface area contributed by atoms with Gasteiger partial charge >= 0.3 is 5.97 Å². The molecule has 1 aromatic carbocycles. The number of amides is 1. The Morgan fingerprint density at radius 2 is 2.11 bits per heavy atom. The molecule has 0 saturated carbocycles. The fraction of sp³-hybridized carbons (Fsp3) is 0.250. The molecule has 2 heterocycles. The number of carbonyl (C=O) groups excluding carboxylic acids is 1. The van der Waals surface area contributed by atoms with Crippen LogP contribution in [-0.2, 0) is 11.4 Å². The molecule has 3 aromatic rings. The number of benzene rings is 1. The topological polar surface area (TPSA) is 92.9 Å². The van der Waals surface area contributed by atoms with E-state index in [0.717, 1.165) is 11.3 Å². The van der Waals surface area contributed by atoms with Crippen LogP contribution in [0, 0.1) is 0 Å². The molecule has 2 N–H and O–H groups in total. The summed E-state index contributed by atoms with van der Waals surface area (Å²) in [5, 5.41) is 11.7. The van der Waals surface area contributed by atoms with Crippen molar-refractivity contribution in [1.29, 1.82) is 0 Å². The zero-order chi connectivity index (χ0) is 19.2. The molecule has 1 unspecified atom stereocenters. The summed E-state index contributed by atoms with van der Waals surface area (Å²) in [4.78, 5) is 28.0. The van der Waals surface area contributed by atoms with Gasteiger partial charge in [0, 0.05) is 18.0 Å². The number of aromatic nitrogens is 2. The first kappa shape index (κ1) is 18.4. The van der Waals surface area contributed by atoms with Gasteiger partial charge in [-0.05, 0) is 36.8 Å². The molecule has 0 spiro atoms. The summed E-state index contributed by atoms with van der Waals surface area (Å²) in [7, 11) is 0. The number of carbonyl (C=O) groups is 2. The summed E-state index contributed by atoms with van der Waals surface area (Å²) in [6, 6.07) is 11.5. The zero-order valence-electron chi connectivity index (χ0n) is 15.0. The first-order valence-corrected chi connectivity index (χ1v) is 8.76. The van der Waals surface area contributed by atoms with Crippen molar-refractivity contribution in [1.82, 2.24) is 14.7 Å². The van der Waals surface area contributed by atoms with Crippen LogP contribution in [0.3, 0.4) is 0 Å². The number of nitrogens with one attached hydrogen (secondary N) is 1. The maximum absolute atomic E-state index is 12.3. The highest BCUT2D eigenvalue weighted by Crippen LogP contribution is 2.16. The molecule has 140 valence electrons. The zero-order valence-corrected chi connectivity index (χ0v) is 15.0. The Morgan fingerprint density at radius 1 is 1.26 bits per heavy atom. The third-order valence-corrected chi connectivity index (χ3v) is 4.08. The van der Waals surface area contributed by atoms with Gasteiger partial charge in [0.1, 0.15) is 24.0 Å². The smallest absolute Gasteiger partial charge is 0.326 e. The SMILES string of the molecule is CCCC(NC(=O)c1cccc(OCc2cn3ccccc3n2)c1)C(=O)O. The number of hydrogen-bond donors (Lipinski definition) is 2. The van der Waals surface area contributed by atoms with E-state index in [2.05, 4.69) is 10.3 Å². The Kier molecular flexibility index (Phi) is 5.71. The highest BCUT2D eigenvalue weighted by atomic mass is 16.5. The normalized spacial score (nSPS) is 11.9. The van der Waals surface area contributed by atoms with Crippen molar-refractivity contribution in [3.63, 3.8) is 0 Å². The van der Waals surface area contributed by atoms with Crippen LogP contribution in [0.4, 0.5) is 0 Å². The van der Waals surface area contributed by atoms with Gasteiger partial charge in [-0.15, -0.1) is 0 Å². The van der Waals surface area contributed by atoms with Crippen LogP contribution in [0.2, 0.25) is 0 Å². The highest BCUT2D eigenvalue weighted by molar-refractivity contribution is 5.96. The number of fused-ring (bicyclic) bond motifs is 1. The Balaban J connectivity index is 1.65. The van der Waals surface area contributed by atoms with Crippen molar-refractivity contribution in [2.45, 2.75) is 32.4 Å². The molecule has 3 rings (SSSR count). The van der Waals surface area contributed by atoms with Crippen LogP contribution in [0.25, 0.3) is 5.65 Å². The van der Waals surface area contributed by atoms with Crippen LogP contribution < -0.4 is 10.1 Å². The van der Waals surface area contributed by atoms with E-state index in [-0.39, 0.29) is 6.61 Å². The number of nitrogens with zero attached hydrogens (tertiary/aromatic N) is 2. The number of hydrogen-bond acceptors (Lipinski definition) is 4. The van der Waals surface area contributed by atoms with E-state index in [1.807, 2.05) is 41.9 Å². The minimum atomic E-state index is -1.04. The molecule has 0 aliphatic carbocycles. The highest BCUT2D eigenvalue weighted by Gasteiger charge is 2.19. The van der Waals surface area contributed by atoms with Gasteiger partial charge in [-0.2, -0.15) is 0 Å². The monoisotopic (exact) mass is 367 g/mol. The molecule has 0 radical (unpaired) electrons. The van der Waals surface area contributed by atoms with Crippen molar-refractivity contribution in [3.8, 4) is 5.75 Å². The Bertz CT molecular complexity index is 918. The summed E-state index contributed by atoms with van der Waals surface area (Å²) < 4.78 is 7.65. The van der Waals surface area contributed by atoms with E-state index in [1.54, 1.807) is 24.3 Å². The van der Waals surface area contributed by atoms with E-state index in [4.69, 9.17) is 4.74 Å². The fourth-order valence-electron chi connectivity index (χ4n) is 2.73. The summed E-state index contributed by atoms with van der Waals surface area (Å²) in [6.07, 6.45) is 4.84. The maximum Gasteiger partial charge on any atom is 0.326 e. The molecule has 0 saturated heterocycles. The predicted molar refractivity (Wildman–Crippen MR) is 99.8 cm³/mol. The van der Waals surface area contributed by atoms with Crippen molar-refractivity contribution in [3.05, 3.63) is 66.1 Å². The number of ether oxygens (including phenoxy) is 1. The van der Waals surface area contributed by atoms with E-state index < -0.39 is 17.9 Å². The van der Waals surface area contributed by atoms with Gasteiger partial charge in [-0.25, -0.2) is 9.78 Å². The summed E-state index contributed by atoms with van der Waals surface area (Å²) in [6.45, 7) is 2.14. The van der Waals surface area contributed by atoms with Crippen LogP contribution in [-0.4, -0.2) is 32.4 Å². The quantitative estimate of drug-likeness (QED) is 0.639. The molecule has 1 amide bonds. The molecular weight excluding hydrogens is 346 g/mol. The molecule has 0 fully saturated rings. The van der Waals surface area contributed by atoms with Gasteiger partial charge in [0.15, 0.2) is 0 Å². The second-order valence-corrected chi connectivity index (χ2v) is 6.17. The van der Waals surface area contributed by atoms with E-state index in [0.29, 0.717) is 24.2 Å². The van der Waals surface area contributed by atoms with Gasteiger partial charge in [0.05, 0.1) is 5.69 Å². The Labute approximate surface area is 156 Å². The average Bonchev–Trinajstić information content (AvgIpc) is 3.09. The molecule has 2 aromatic heterocycles. The minimum absolute atomic E-state index is 0.264. The molecule has 0 aliphatic rings. The third kappa shape index (κ3) is 4.63. The van der Waals surface area contributed by atoms with Gasteiger partial charge in [-0.3, -0.25) is 4.79 Å². The molecule has 7 nitrogen and oxygen atoms in total.